The summed E-state index contributed by atoms with van der Waals surface area (Å²) in [6, 6.07) is 0.516. The van der Waals surface area contributed by atoms with E-state index in [9.17, 15) is 9.59 Å². The Kier molecular flexibility index (Phi) is 5.39. The molecule has 7 heteroatoms. The molecule has 17 heavy (non-hydrogen) atoms. The number of nitrogens with one attached hydrogen (secondary N) is 2. The first-order valence-electron chi connectivity index (χ1n) is 5.64. The average Bonchev–Trinajstić information content (AvgIpc) is 2.72. The molecular weight excluding hydrogens is 262 g/mol. The summed E-state index contributed by atoms with van der Waals surface area (Å²) in [6.07, 6.45) is 3.36. The van der Waals surface area contributed by atoms with Crippen molar-refractivity contribution in [3.8, 4) is 0 Å². The first kappa shape index (κ1) is 14.4. The maximum Gasteiger partial charge on any atom is 0.315 e. The molecule has 0 saturated carbocycles. The molecule has 3 unspecified atom stereocenters. The number of primary amides is 1. The van der Waals surface area contributed by atoms with Gasteiger partial charge in [0.2, 0.25) is 5.91 Å². The number of amides is 3. The molecule has 3 amide bonds. The highest BCUT2D eigenvalue weighted by Gasteiger charge is 2.42. The Morgan fingerprint density at radius 3 is 2.88 bits per heavy atom. The van der Waals surface area contributed by atoms with Crippen LogP contribution in [0, 0.1) is 0 Å². The van der Waals surface area contributed by atoms with Gasteiger partial charge in [0.05, 0.1) is 12.1 Å². The van der Waals surface area contributed by atoms with E-state index in [0.29, 0.717) is 17.7 Å². The van der Waals surface area contributed by atoms with Crippen LogP contribution in [0.15, 0.2) is 0 Å². The van der Waals surface area contributed by atoms with Crippen LogP contribution in [0.2, 0.25) is 0 Å². The summed E-state index contributed by atoms with van der Waals surface area (Å²) in [5.41, 5.74) is 5.08. The average molecular weight is 280 g/mol. The fraction of sp³-hybridized carbons (Fsp3) is 0.800. The van der Waals surface area contributed by atoms with Crippen LogP contribution >= 0.6 is 24.2 Å². The van der Waals surface area contributed by atoms with Crippen molar-refractivity contribution in [3.05, 3.63) is 0 Å². The smallest absolute Gasteiger partial charge is 0.315 e. The highest BCUT2D eigenvalue weighted by molar-refractivity contribution is 8.00. The van der Waals surface area contributed by atoms with E-state index >= 15 is 0 Å². The monoisotopic (exact) mass is 279 g/mol. The zero-order chi connectivity index (χ0) is 11.5. The standard InChI is InChI=1S/C10H17N3O2S.ClH/c11-8(14)4-2-1-3-7-9-6(5-16-7)12-10(15)13-9;/h6-7,9H,1-5H2,(H2,11,14)(H2,12,13,15);1H. The Balaban J connectivity index is 0.00000144. The Bertz CT molecular complexity index is 303. The molecular formula is C10H18ClN3O2S. The van der Waals surface area contributed by atoms with E-state index in [1.165, 1.54) is 0 Å². The van der Waals surface area contributed by atoms with Gasteiger partial charge in [-0.05, 0) is 12.8 Å². The lowest BCUT2D eigenvalue weighted by atomic mass is 10.0. The van der Waals surface area contributed by atoms with Crippen molar-refractivity contribution in [2.75, 3.05) is 5.75 Å². The van der Waals surface area contributed by atoms with Gasteiger partial charge in [0.15, 0.2) is 0 Å². The molecule has 0 aliphatic carbocycles. The molecule has 0 radical (unpaired) electrons. The molecule has 2 saturated heterocycles. The van der Waals surface area contributed by atoms with Crippen LogP contribution in [0.3, 0.4) is 0 Å². The number of fused-ring (bicyclic) bond motifs is 1. The molecule has 2 aliphatic rings. The second-order valence-corrected chi connectivity index (χ2v) is 5.61. The summed E-state index contributed by atoms with van der Waals surface area (Å²) >= 11 is 1.90. The summed E-state index contributed by atoms with van der Waals surface area (Å²) < 4.78 is 0. The Morgan fingerprint density at radius 2 is 2.18 bits per heavy atom. The molecule has 0 aromatic carbocycles. The maximum atomic E-state index is 11.1. The molecule has 2 fully saturated rings. The molecule has 2 rings (SSSR count). The summed E-state index contributed by atoms with van der Waals surface area (Å²) in [5.74, 6) is 0.761. The van der Waals surface area contributed by atoms with Gasteiger partial charge in [-0.25, -0.2) is 4.79 Å². The van der Waals surface area contributed by atoms with Crippen LogP contribution in [0.4, 0.5) is 4.79 Å². The molecule has 0 aromatic heterocycles. The molecule has 0 aromatic rings. The number of thioether (sulfide) groups is 1. The van der Waals surface area contributed by atoms with Crippen LogP contribution in [0.25, 0.3) is 0 Å². The van der Waals surface area contributed by atoms with E-state index in [1.54, 1.807) is 0 Å². The molecule has 0 bridgehead atoms. The summed E-state index contributed by atoms with van der Waals surface area (Å²) in [5, 5.41) is 6.35. The SMILES string of the molecule is Cl.NC(=O)CCCCC1SCC2NC(=O)NC21. The first-order chi connectivity index (χ1) is 7.66. The van der Waals surface area contributed by atoms with Gasteiger partial charge < -0.3 is 16.4 Å². The van der Waals surface area contributed by atoms with Gasteiger partial charge >= 0.3 is 6.03 Å². The largest absolute Gasteiger partial charge is 0.370 e. The van der Waals surface area contributed by atoms with Crippen molar-refractivity contribution in [2.45, 2.75) is 43.0 Å². The number of carbonyl (C=O) groups excluding carboxylic acids is 2. The van der Waals surface area contributed by atoms with Gasteiger partial charge in [-0.1, -0.05) is 6.42 Å². The Labute approximate surface area is 111 Å². The van der Waals surface area contributed by atoms with Crippen LogP contribution in [0.1, 0.15) is 25.7 Å². The zero-order valence-electron chi connectivity index (χ0n) is 9.48. The number of carbonyl (C=O) groups is 2. The topological polar surface area (TPSA) is 84.2 Å². The third-order valence-corrected chi connectivity index (χ3v) is 4.61. The van der Waals surface area contributed by atoms with Crippen molar-refractivity contribution in [1.29, 1.82) is 0 Å². The molecule has 3 atom stereocenters. The highest BCUT2D eigenvalue weighted by atomic mass is 35.5. The van der Waals surface area contributed by atoms with Crippen LogP contribution in [-0.4, -0.2) is 35.0 Å². The number of nitrogens with two attached hydrogens (primary N) is 1. The fourth-order valence-corrected chi connectivity index (χ4v) is 3.83. The van der Waals surface area contributed by atoms with Gasteiger partial charge in [0.1, 0.15) is 0 Å². The summed E-state index contributed by atoms with van der Waals surface area (Å²) in [7, 11) is 0. The number of rotatable bonds is 5. The Morgan fingerprint density at radius 1 is 1.41 bits per heavy atom. The third-order valence-electron chi connectivity index (χ3n) is 3.10. The van der Waals surface area contributed by atoms with Gasteiger partial charge in [-0.15, -0.1) is 12.4 Å². The van der Waals surface area contributed by atoms with Crippen LogP contribution in [-0.2, 0) is 4.79 Å². The predicted molar refractivity (Wildman–Crippen MR) is 70.4 cm³/mol. The number of halogens is 1. The van der Waals surface area contributed by atoms with Crippen molar-refractivity contribution in [3.63, 3.8) is 0 Å². The molecule has 2 aliphatic heterocycles. The van der Waals surface area contributed by atoms with Crippen molar-refractivity contribution in [2.24, 2.45) is 5.73 Å². The molecule has 5 nitrogen and oxygen atoms in total. The minimum Gasteiger partial charge on any atom is -0.370 e. The van der Waals surface area contributed by atoms with E-state index in [0.717, 1.165) is 25.0 Å². The molecule has 2 heterocycles. The quantitative estimate of drug-likeness (QED) is 0.509. The van der Waals surface area contributed by atoms with Crippen molar-refractivity contribution in [1.82, 2.24) is 10.6 Å². The normalized spacial score (nSPS) is 30.1. The van der Waals surface area contributed by atoms with Crippen molar-refractivity contribution < 1.29 is 9.59 Å². The van der Waals surface area contributed by atoms with E-state index in [-0.39, 0.29) is 30.4 Å². The fourth-order valence-electron chi connectivity index (χ4n) is 2.29. The first-order valence-corrected chi connectivity index (χ1v) is 6.68. The lowest BCUT2D eigenvalue weighted by molar-refractivity contribution is -0.118. The van der Waals surface area contributed by atoms with Crippen LogP contribution < -0.4 is 16.4 Å². The zero-order valence-corrected chi connectivity index (χ0v) is 11.1. The van der Waals surface area contributed by atoms with E-state index in [2.05, 4.69) is 10.6 Å². The molecule has 98 valence electrons. The number of hydrogen-bond donors (Lipinski definition) is 3. The van der Waals surface area contributed by atoms with Crippen molar-refractivity contribution >= 4 is 36.1 Å². The second kappa shape index (κ2) is 6.35. The highest BCUT2D eigenvalue weighted by Crippen LogP contribution is 2.33. The van der Waals surface area contributed by atoms with E-state index in [4.69, 9.17) is 5.73 Å². The second-order valence-electron chi connectivity index (χ2n) is 4.33. The maximum absolute atomic E-state index is 11.1. The lowest BCUT2D eigenvalue weighted by Gasteiger charge is -2.16. The Hall–Kier alpha value is -0.620. The summed E-state index contributed by atoms with van der Waals surface area (Å²) in [6.45, 7) is 0. The minimum atomic E-state index is -0.229. The van der Waals surface area contributed by atoms with E-state index < -0.39 is 0 Å². The molecule has 0 spiro atoms. The van der Waals surface area contributed by atoms with Gasteiger partial charge in [-0.3, -0.25) is 4.79 Å². The predicted octanol–water partition coefficient (Wildman–Crippen LogP) is 0.619. The molecule has 4 N–H and O–H groups in total. The summed E-state index contributed by atoms with van der Waals surface area (Å²) in [4.78, 5) is 21.7. The van der Waals surface area contributed by atoms with E-state index in [1.807, 2.05) is 11.8 Å². The van der Waals surface area contributed by atoms with Crippen LogP contribution in [0.5, 0.6) is 0 Å². The van der Waals surface area contributed by atoms with Gasteiger partial charge in [0, 0.05) is 17.4 Å². The van der Waals surface area contributed by atoms with Gasteiger partial charge in [-0.2, -0.15) is 11.8 Å². The van der Waals surface area contributed by atoms with Gasteiger partial charge in [0.25, 0.3) is 0 Å². The lowest BCUT2D eigenvalue weighted by Crippen LogP contribution is -2.36. The minimum absolute atomic E-state index is 0. The number of unbranched alkanes of at least 4 members (excludes halogenated alkanes) is 1. The number of urea groups is 1. The number of hydrogen-bond acceptors (Lipinski definition) is 3. The third kappa shape index (κ3) is 3.67.